The van der Waals surface area contributed by atoms with Crippen molar-refractivity contribution in [2.75, 3.05) is 18.5 Å². The molecule has 10 nitrogen and oxygen atoms in total. The van der Waals surface area contributed by atoms with E-state index in [2.05, 4.69) is 78.3 Å². The number of hydrogen-bond acceptors (Lipinski definition) is 7. The summed E-state index contributed by atoms with van der Waals surface area (Å²) >= 11 is 7.07. The maximum Gasteiger partial charge on any atom is 0.307 e. The molecule has 2 amide bonds. The van der Waals surface area contributed by atoms with Gasteiger partial charge < -0.3 is 28.5 Å². The van der Waals surface area contributed by atoms with Gasteiger partial charge in [-0.05, 0) is 126 Å². The Morgan fingerprint density at radius 1 is 0.896 bits per heavy atom. The zero-order valence-electron chi connectivity index (χ0n) is 26.8. The summed E-state index contributed by atoms with van der Waals surface area (Å²) in [4.78, 5) is 25.3. The average molecular weight is 778 g/mol. The predicted octanol–water partition coefficient (Wildman–Crippen LogP) is 8.28. The molecule has 2 aromatic heterocycles. The van der Waals surface area contributed by atoms with E-state index in [-0.39, 0.29) is 24.9 Å². The van der Waals surface area contributed by atoms with Crippen molar-refractivity contribution in [2.45, 2.75) is 34.3 Å². The Morgan fingerprint density at radius 2 is 1.62 bits per heavy atom. The van der Waals surface area contributed by atoms with Crippen molar-refractivity contribution in [3.05, 3.63) is 122 Å². The minimum Gasteiger partial charge on any atom is -0.490 e. The first-order valence-corrected chi connectivity index (χ1v) is 16.7. The molecule has 0 aliphatic rings. The van der Waals surface area contributed by atoms with Crippen LogP contribution in [0.5, 0.6) is 17.2 Å². The highest BCUT2D eigenvalue weighted by molar-refractivity contribution is 9.13. The predicted molar refractivity (Wildman–Crippen MR) is 192 cm³/mol. The number of amides is 2. The Balaban J connectivity index is 1.17. The Morgan fingerprint density at radius 3 is 2.33 bits per heavy atom. The van der Waals surface area contributed by atoms with E-state index in [4.69, 9.17) is 18.6 Å². The Kier molecular flexibility index (Phi) is 11.4. The number of hydrazone groups is 1. The van der Waals surface area contributed by atoms with Crippen molar-refractivity contribution in [1.29, 1.82) is 0 Å². The van der Waals surface area contributed by atoms with Crippen LogP contribution in [-0.4, -0.2) is 35.8 Å². The first-order valence-electron chi connectivity index (χ1n) is 15.1. The number of carbonyl (C=O) groups is 2. The van der Waals surface area contributed by atoms with Crippen LogP contribution in [0.25, 0.3) is 5.69 Å². The second kappa shape index (κ2) is 15.9. The number of nitrogens with zero attached hydrogens (tertiary/aromatic N) is 2. The highest BCUT2D eigenvalue weighted by Crippen LogP contribution is 2.42. The fourth-order valence-corrected chi connectivity index (χ4v) is 5.78. The van der Waals surface area contributed by atoms with Gasteiger partial charge in [0, 0.05) is 32.8 Å². The van der Waals surface area contributed by atoms with Crippen molar-refractivity contribution in [1.82, 2.24) is 9.99 Å². The lowest BCUT2D eigenvalue weighted by Crippen LogP contribution is -2.21. The third-order valence-electron chi connectivity index (χ3n) is 7.22. The van der Waals surface area contributed by atoms with E-state index in [0.717, 1.165) is 22.6 Å². The molecule has 0 atom stereocenters. The molecule has 0 saturated carbocycles. The van der Waals surface area contributed by atoms with Crippen molar-refractivity contribution in [3.63, 3.8) is 0 Å². The van der Waals surface area contributed by atoms with Gasteiger partial charge in [-0.15, -0.1) is 0 Å². The number of rotatable bonds is 13. The van der Waals surface area contributed by atoms with Gasteiger partial charge in [0.25, 0.3) is 5.91 Å². The highest BCUT2D eigenvalue weighted by Gasteiger charge is 2.19. The van der Waals surface area contributed by atoms with Gasteiger partial charge >= 0.3 is 5.91 Å². The summed E-state index contributed by atoms with van der Waals surface area (Å²) in [5, 5.41) is 6.94. The number of carbonyl (C=O) groups excluding carboxylic acids is 2. The second-order valence-electron chi connectivity index (χ2n) is 10.7. The summed E-state index contributed by atoms with van der Waals surface area (Å²) in [5.41, 5.74) is 8.08. The van der Waals surface area contributed by atoms with Crippen LogP contribution in [0.1, 0.15) is 45.8 Å². The standard InChI is InChI=1S/C36H34Br2N4O6/c1-5-45-31-18-25(33(37)34(38)35(31)47-21-32(43)40-29-9-7-6-8-22(29)2)19-39-41-36(44)30-17-16-28(48-30)20-46-27-14-12-26(13-15-27)42-23(3)10-11-24(42)4/h6-19H,5,20-21H2,1-4H3,(H,40,43)(H,41,44)/b39-19+. The first kappa shape index (κ1) is 34.5. The number of furan rings is 1. The van der Waals surface area contributed by atoms with Gasteiger partial charge in [0.15, 0.2) is 23.9 Å². The lowest BCUT2D eigenvalue weighted by molar-refractivity contribution is -0.118. The number of aryl methyl sites for hydroxylation is 3. The van der Waals surface area contributed by atoms with Gasteiger partial charge in [-0.1, -0.05) is 18.2 Å². The topological polar surface area (TPSA) is 116 Å². The van der Waals surface area contributed by atoms with Gasteiger partial charge in [0.2, 0.25) is 0 Å². The van der Waals surface area contributed by atoms with Crippen LogP contribution < -0.4 is 25.0 Å². The molecule has 0 unspecified atom stereocenters. The molecule has 3 aromatic carbocycles. The molecular weight excluding hydrogens is 744 g/mol. The maximum absolute atomic E-state index is 12.7. The molecule has 5 rings (SSSR count). The zero-order valence-corrected chi connectivity index (χ0v) is 30.0. The van der Waals surface area contributed by atoms with Crippen molar-refractivity contribution in [3.8, 4) is 22.9 Å². The highest BCUT2D eigenvalue weighted by atomic mass is 79.9. The minimum atomic E-state index is -0.529. The molecule has 0 saturated heterocycles. The molecular formula is C36H34Br2N4O6. The zero-order chi connectivity index (χ0) is 34.2. The van der Waals surface area contributed by atoms with Crippen molar-refractivity contribution in [2.24, 2.45) is 5.10 Å². The van der Waals surface area contributed by atoms with Gasteiger partial charge in [-0.3, -0.25) is 9.59 Å². The molecule has 248 valence electrons. The number of nitrogens with one attached hydrogen (secondary N) is 2. The normalized spacial score (nSPS) is 11.0. The molecule has 0 bridgehead atoms. The monoisotopic (exact) mass is 776 g/mol. The van der Waals surface area contributed by atoms with Gasteiger partial charge in [-0.2, -0.15) is 5.10 Å². The van der Waals surface area contributed by atoms with Crippen LogP contribution >= 0.6 is 31.9 Å². The third-order valence-corrected chi connectivity index (χ3v) is 9.37. The number of hydrogen-bond donors (Lipinski definition) is 2. The number of halogens is 2. The lowest BCUT2D eigenvalue weighted by Gasteiger charge is -2.16. The molecule has 0 radical (unpaired) electrons. The molecule has 2 heterocycles. The Hall–Kier alpha value is -4.81. The summed E-state index contributed by atoms with van der Waals surface area (Å²) in [6.45, 7) is 8.15. The lowest BCUT2D eigenvalue weighted by atomic mass is 10.2. The van der Waals surface area contributed by atoms with Gasteiger partial charge in [-0.25, -0.2) is 5.43 Å². The summed E-state index contributed by atoms with van der Waals surface area (Å²) in [7, 11) is 0. The van der Waals surface area contributed by atoms with Crippen molar-refractivity contribution >= 4 is 55.6 Å². The average Bonchev–Trinajstić information content (AvgIpc) is 3.69. The van der Waals surface area contributed by atoms with Gasteiger partial charge in [0.05, 0.1) is 17.3 Å². The number of ether oxygens (including phenoxy) is 3. The van der Waals surface area contributed by atoms with E-state index >= 15 is 0 Å². The van der Waals surface area contributed by atoms with E-state index in [9.17, 15) is 9.59 Å². The van der Waals surface area contributed by atoms with Crippen LogP contribution in [0.3, 0.4) is 0 Å². The number of aromatic nitrogens is 1. The van der Waals surface area contributed by atoms with E-state index < -0.39 is 5.91 Å². The third kappa shape index (κ3) is 8.36. The number of anilines is 1. The van der Waals surface area contributed by atoms with Crippen LogP contribution in [-0.2, 0) is 11.4 Å². The van der Waals surface area contributed by atoms with Crippen LogP contribution in [0.4, 0.5) is 5.69 Å². The summed E-state index contributed by atoms with van der Waals surface area (Å²) in [5.74, 6) is 1.14. The van der Waals surface area contributed by atoms with Crippen molar-refractivity contribution < 1.29 is 28.2 Å². The smallest absolute Gasteiger partial charge is 0.307 e. The Bertz CT molecular complexity index is 1930. The molecule has 2 N–H and O–H groups in total. The van der Waals surface area contributed by atoms with Gasteiger partial charge in [0.1, 0.15) is 18.1 Å². The molecule has 0 aliphatic carbocycles. The molecule has 0 aliphatic heterocycles. The summed E-state index contributed by atoms with van der Waals surface area (Å²) in [6.07, 6.45) is 1.46. The quantitative estimate of drug-likeness (QED) is 0.0919. The Labute approximate surface area is 295 Å². The fraction of sp³-hybridized carbons (Fsp3) is 0.194. The largest absolute Gasteiger partial charge is 0.490 e. The fourth-order valence-electron chi connectivity index (χ4n) is 4.85. The van der Waals surface area contributed by atoms with E-state index in [1.807, 2.05) is 62.4 Å². The molecule has 5 aromatic rings. The number of benzene rings is 3. The molecule has 12 heteroatoms. The SMILES string of the molecule is CCOc1cc(/C=N/NC(=O)c2ccc(COc3ccc(-n4c(C)ccc4C)cc3)o2)c(Br)c(Br)c1OCC(=O)Nc1ccccc1C. The molecule has 0 fully saturated rings. The first-order chi connectivity index (χ1) is 23.1. The van der Waals surface area contributed by atoms with E-state index in [0.29, 0.717) is 49.8 Å². The van der Waals surface area contributed by atoms with Crippen LogP contribution in [0, 0.1) is 20.8 Å². The number of para-hydroxylation sites is 1. The van der Waals surface area contributed by atoms with E-state index in [1.54, 1.807) is 18.2 Å². The molecule has 48 heavy (non-hydrogen) atoms. The van der Waals surface area contributed by atoms with Crippen LogP contribution in [0.15, 0.2) is 97.3 Å². The summed E-state index contributed by atoms with van der Waals surface area (Å²) in [6, 6.07) is 24.4. The van der Waals surface area contributed by atoms with E-state index in [1.165, 1.54) is 6.21 Å². The minimum absolute atomic E-state index is 0.0858. The maximum atomic E-state index is 12.7. The van der Waals surface area contributed by atoms with Crippen LogP contribution in [0.2, 0.25) is 0 Å². The summed E-state index contributed by atoms with van der Waals surface area (Å²) < 4.78 is 26.5. The molecule has 0 spiro atoms. The second-order valence-corrected chi connectivity index (χ2v) is 12.3.